The maximum Gasteiger partial charge on any atom is 0.0776 e. The van der Waals surface area contributed by atoms with Crippen LogP contribution in [0, 0.1) is 5.92 Å². The summed E-state index contributed by atoms with van der Waals surface area (Å²) < 4.78 is 10.9. The van der Waals surface area contributed by atoms with Crippen LogP contribution in [0.3, 0.4) is 0 Å². The van der Waals surface area contributed by atoms with Crippen LogP contribution in [0.1, 0.15) is 39.0 Å². The van der Waals surface area contributed by atoms with E-state index in [9.17, 15) is 0 Å². The molecule has 0 saturated heterocycles. The van der Waals surface area contributed by atoms with Crippen molar-refractivity contribution in [2.45, 2.75) is 51.2 Å². The lowest BCUT2D eigenvalue weighted by molar-refractivity contribution is -0.0249. The summed E-state index contributed by atoms with van der Waals surface area (Å²) in [6.07, 6.45) is 6.75. The lowest BCUT2D eigenvalue weighted by Crippen LogP contribution is -2.45. The molecule has 2 atom stereocenters. The van der Waals surface area contributed by atoms with Crippen molar-refractivity contribution in [1.82, 2.24) is 0 Å². The van der Waals surface area contributed by atoms with Crippen molar-refractivity contribution in [2.24, 2.45) is 11.7 Å². The van der Waals surface area contributed by atoms with Gasteiger partial charge in [0.2, 0.25) is 0 Å². The van der Waals surface area contributed by atoms with Gasteiger partial charge in [-0.05, 0) is 25.7 Å². The Hall–Kier alpha value is -0.120. The molecule has 1 rings (SSSR count). The largest absolute Gasteiger partial charge is 0.383 e. The molecule has 0 amide bonds. The summed E-state index contributed by atoms with van der Waals surface area (Å²) in [5.41, 5.74) is 6.10. The number of hydrogen-bond acceptors (Lipinski definition) is 3. The summed E-state index contributed by atoms with van der Waals surface area (Å²) in [6, 6.07) is 0.0260. The third kappa shape index (κ3) is 4.09. The second kappa shape index (κ2) is 7.20. The van der Waals surface area contributed by atoms with Gasteiger partial charge in [0.05, 0.1) is 18.8 Å². The quantitative estimate of drug-likeness (QED) is 0.736. The lowest BCUT2D eigenvalue weighted by atomic mass is 9.83. The van der Waals surface area contributed by atoms with Gasteiger partial charge in [0, 0.05) is 13.7 Å². The van der Waals surface area contributed by atoms with E-state index < -0.39 is 0 Å². The number of rotatable bonds is 6. The molecule has 1 saturated carbocycles. The summed E-state index contributed by atoms with van der Waals surface area (Å²) in [4.78, 5) is 0. The van der Waals surface area contributed by atoms with Gasteiger partial charge in [0.15, 0.2) is 0 Å². The predicted octanol–water partition coefficient (Wildman–Crippen LogP) is 1.95. The van der Waals surface area contributed by atoms with Crippen LogP contribution in [-0.2, 0) is 9.47 Å². The summed E-state index contributed by atoms with van der Waals surface area (Å²) in [5, 5.41) is 0. The zero-order chi connectivity index (χ0) is 11.1. The van der Waals surface area contributed by atoms with Gasteiger partial charge in [0.1, 0.15) is 0 Å². The minimum Gasteiger partial charge on any atom is -0.383 e. The molecule has 0 aliphatic heterocycles. The van der Waals surface area contributed by atoms with Crippen molar-refractivity contribution >= 4 is 0 Å². The van der Waals surface area contributed by atoms with Gasteiger partial charge in [0.25, 0.3) is 0 Å². The van der Waals surface area contributed by atoms with Crippen molar-refractivity contribution in [3.05, 3.63) is 0 Å². The van der Waals surface area contributed by atoms with Gasteiger partial charge in [-0.3, -0.25) is 0 Å². The van der Waals surface area contributed by atoms with Gasteiger partial charge in [-0.25, -0.2) is 0 Å². The number of methoxy groups -OCH3 is 1. The normalized spacial score (nSPS) is 22.6. The van der Waals surface area contributed by atoms with Crippen LogP contribution in [0.25, 0.3) is 0 Å². The van der Waals surface area contributed by atoms with Crippen LogP contribution in [0.15, 0.2) is 0 Å². The monoisotopic (exact) mass is 215 g/mol. The number of ether oxygens (including phenoxy) is 2. The maximum atomic E-state index is 6.10. The molecule has 0 aromatic carbocycles. The van der Waals surface area contributed by atoms with E-state index in [1.165, 1.54) is 32.1 Å². The fourth-order valence-electron chi connectivity index (χ4n) is 2.55. The Morgan fingerprint density at radius 3 is 2.47 bits per heavy atom. The summed E-state index contributed by atoms with van der Waals surface area (Å²) in [7, 11) is 1.70. The summed E-state index contributed by atoms with van der Waals surface area (Å²) >= 11 is 0. The third-order valence-corrected chi connectivity index (χ3v) is 3.25. The van der Waals surface area contributed by atoms with Crippen molar-refractivity contribution in [2.75, 3.05) is 20.3 Å². The maximum absolute atomic E-state index is 6.10. The Kier molecular flexibility index (Phi) is 6.22. The highest BCUT2D eigenvalue weighted by Gasteiger charge is 2.28. The standard InChI is InChI=1S/C12H25NO2/c1-3-15-12(11(13)9-14-2)10-7-5-4-6-8-10/h10-12H,3-9,13H2,1-2H3. The van der Waals surface area contributed by atoms with Gasteiger partial charge in [-0.1, -0.05) is 19.3 Å². The van der Waals surface area contributed by atoms with Gasteiger partial charge in [-0.15, -0.1) is 0 Å². The fraction of sp³-hybridized carbons (Fsp3) is 1.00. The van der Waals surface area contributed by atoms with E-state index in [0.717, 1.165) is 6.61 Å². The smallest absolute Gasteiger partial charge is 0.0776 e. The van der Waals surface area contributed by atoms with E-state index >= 15 is 0 Å². The Labute approximate surface area is 93.3 Å². The molecule has 1 aliphatic carbocycles. The molecule has 1 fully saturated rings. The van der Waals surface area contributed by atoms with Crippen LogP contribution >= 0.6 is 0 Å². The van der Waals surface area contributed by atoms with Crippen molar-refractivity contribution in [1.29, 1.82) is 0 Å². The molecule has 0 aromatic heterocycles. The molecular weight excluding hydrogens is 190 g/mol. The fourth-order valence-corrected chi connectivity index (χ4v) is 2.55. The molecule has 0 heterocycles. The Morgan fingerprint density at radius 2 is 1.93 bits per heavy atom. The molecule has 1 aliphatic rings. The van der Waals surface area contributed by atoms with E-state index in [4.69, 9.17) is 15.2 Å². The first-order valence-corrected chi connectivity index (χ1v) is 6.15. The van der Waals surface area contributed by atoms with Crippen LogP contribution < -0.4 is 5.73 Å². The zero-order valence-electron chi connectivity index (χ0n) is 10.1. The summed E-state index contributed by atoms with van der Waals surface area (Å²) in [5.74, 6) is 0.642. The second-order valence-electron chi connectivity index (χ2n) is 4.44. The van der Waals surface area contributed by atoms with Crippen molar-refractivity contribution < 1.29 is 9.47 Å². The molecule has 0 aromatic rings. The Morgan fingerprint density at radius 1 is 1.27 bits per heavy atom. The molecule has 2 N–H and O–H groups in total. The van der Waals surface area contributed by atoms with Crippen molar-refractivity contribution in [3.8, 4) is 0 Å². The van der Waals surface area contributed by atoms with E-state index in [1.54, 1.807) is 7.11 Å². The SMILES string of the molecule is CCOC(C(N)COC)C1CCCCC1. The van der Waals surface area contributed by atoms with E-state index in [-0.39, 0.29) is 12.1 Å². The molecule has 3 heteroatoms. The highest BCUT2D eigenvalue weighted by atomic mass is 16.5. The average molecular weight is 215 g/mol. The summed E-state index contributed by atoms with van der Waals surface area (Å²) in [6.45, 7) is 3.38. The molecule has 3 nitrogen and oxygen atoms in total. The molecule has 0 radical (unpaired) electrons. The van der Waals surface area contributed by atoms with E-state index in [2.05, 4.69) is 0 Å². The third-order valence-electron chi connectivity index (χ3n) is 3.25. The van der Waals surface area contributed by atoms with Crippen molar-refractivity contribution in [3.63, 3.8) is 0 Å². The highest BCUT2D eigenvalue weighted by molar-refractivity contribution is 4.82. The van der Waals surface area contributed by atoms with Crippen LogP contribution in [0.4, 0.5) is 0 Å². The Balaban J connectivity index is 2.46. The van der Waals surface area contributed by atoms with Gasteiger partial charge >= 0.3 is 0 Å². The first-order chi connectivity index (χ1) is 7.29. The molecule has 90 valence electrons. The van der Waals surface area contributed by atoms with Crippen LogP contribution in [-0.4, -0.2) is 32.5 Å². The van der Waals surface area contributed by atoms with Gasteiger partial charge in [-0.2, -0.15) is 0 Å². The topological polar surface area (TPSA) is 44.5 Å². The first kappa shape index (κ1) is 12.9. The van der Waals surface area contributed by atoms with Crippen LogP contribution in [0.2, 0.25) is 0 Å². The van der Waals surface area contributed by atoms with Crippen LogP contribution in [0.5, 0.6) is 0 Å². The number of nitrogens with two attached hydrogens (primary N) is 1. The van der Waals surface area contributed by atoms with E-state index in [1.807, 2.05) is 6.92 Å². The molecule has 2 unspecified atom stereocenters. The Bertz CT molecular complexity index is 158. The second-order valence-corrected chi connectivity index (χ2v) is 4.44. The number of hydrogen-bond donors (Lipinski definition) is 1. The average Bonchev–Trinajstić information content (AvgIpc) is 2.27. The molecule has 0 spiro atoms. The molecular formula is C12H25NO2. The van der Waals surface area contributed by atoms with Gasteiger partial charge < -0.3 is 15.2 Å². The minimum absolute atomic E-state index is 0.0260. The van der Waals surface area contributed by atoms with E-state index in [0.29, 0.717) is 12.5 Å². The minimum atomic E-state index is 0.0260. The lowest BCUT2D eigenvalue weighted by Gasteiger charge is -2.33. The molecule has 15 heavy (non-hydrogen) atoms. The zero-order valence-corrected chi connectivity index (χ0v) is 10.1. The first-order valence-electron chi connectivity index (χ1n) is 6.15. The predicted molar refractivity (Wildman–Crippen MR) is 61.8 cm³/mol. The highest BCUT2D eigenvalue weighted by Crippen LogP contribution is 2.29. The molecule has 0 bridgehead atoms.